The van der Waals surface area contributed by atoms with Crippen molar-refractivity contribution in [2.45, 2.75) is 52.1 Å². The van der Waals surface area contributed by atoms with E-state index in [2.05, 4.69) is 49.9 Å². The monoisotopic (exact) mass is 294 g/mol. The van der Waals surface area contributed by atoms with Crippen LogP contribution in [0.25, 0.3) is 0 Å². The minimum atomic E-state index is 0.764. The molecule has 20 heavy (non-hydrogen) atoms. The predicted molar refractivity (Wildman–Crippen MR) is 89.5 cm³/mol. The molecule has 0 bridgehead atoms. The lowest BCUT2D eigenvalue weighted by molar-refractivity contribution is 0.246. The summed E-state index contributed by atoms with van der Waals surface area (Å²) in [4.78, 5) is 8.14. The first-order valence-corrected chi connectivity index (χ1v) is 8.82. The molecule has 2 heterocycles. The first-order chi connectivity index (χ1) is 9.54. The van der Waals surface area contributed by atoms with Crippen LogP contribution in [-0.4, -0.2) is 43.0 Å². The highest BCUT2D eigenvalue weighted by Gasteiger charge is 2.18. The molecule has 0 N–H and O–H groups in total. The van der Waals surface area contributed by atoms with E-state index in [1.807, 2.05) is 11.3 Å². The highest BCUT2D eigenvalue weighted by atomic mass is 32.1. The summed E-state index contributed by atoms with van der Waals surface area (Å²) in [5, 5.41) is 0. The average Bonchev–Trinajstić information content (AvgIpc) is 2.65. The van der Waals surface area contributed by atoms with Crippen LogP contribution in [0, 0.1) is 5.92 Å². The Labute approximate surface area is 128 Å². The largest absolute Gasteiger partial charge is 0.306 e. The summed E-state index contributed by atoms with van der Waals surface area (Å²) < 4.78 is 0. The van der Waals surface area contributed by atoms with Crippen molar-refractivity contribution < 1.29 is 0 Å². The van der Waals surface area contributed by atoms with E-state index in [-0.39, 0.29) is 0 Å². The van der Waals surface area contributed by atoms with Crippen molar-refractivity contribution in [2.24, 2.45) is 5.92 Å². The number of hydrogen-bond acceptors (Lipinski definition) is 3. The van der Waals surface area contributed by atoms with Gasteiger partial charge in [0.2, 0.25) is 0 Å². The van der Waals surface area contributed by atoms with Crippen LogP contribution >= 0.6 is 11.3 Å². The summed E-state index contributed by atoms with van der Waals surface area (Å²) in [5.74, 6) is 0.764. The van der Waals surface area contributed by atoms with Gasteiger partial charge in [0.25, 0.3) is 0 Å². The lowest BCUT2D eigenvalue weighted by Gasteiger charge is -2.23. The summed E-state index contributed by atoms with van der Waals surface area (Å²) in [6.07, 6.45) is 5.24. The molecule has 1 aliphatic heterocycles. The standard InChI is InChI=1S/C17H30N2S/c1-14(2)12-16-7-8-17(20-16)13-19-10-5-6-15(9-11-19)18(3)4/h7-8,14-15H,5-6,9-13H2,1-4H3/t15-/m0/s1. The number of hydrogen-bond donors (Lipinski definition) is 0. The summed E-state index contributed by atoms with van der Waals surface area (Å²) in [7, 11) is 4.44. The molecule has 0 amide bonds. The van der Waals surface area contributed by atoms with Crippen molar-refractivity contribution in [1.29, 1.82) is 0 Å². The minimum absolute atomic E-state index is 0.764. The minimum Gasteiger partial charge on any atom is -0.306 e. The maximum atomic E-state index is 2.65. The lowest BCUT2D eigenvalue weighted by atomic mass is 10.1. The SMILES string of the molecule is CC(C)Cc1ccc(CN2CCC[C@H](N(C)C)CC2)s1. The van der Waals surface area contributed by atoms with Crippen LogP contribution in [0.5, 0.6) is 0 Å². The third kappa shape index (κ3) is 4.87. The molecular weight excluding hydrogens is 264 g/mol. The van der Waals surface area contributed by atoms with Gasteiger partial charge in [-0.3, -0.25) is 4.90 Å². The highest BCUT2D eigenvalue weighted by Crippen LogP contribution is 2.23. The zero-order valence-electron chi connectivity index (χ0n) is 13.6. The maximum Gasteiger partial charge on any atom is 0.0328 e. The van der Waals surface area contributed by atoms with Crippen molar-refractivity contribution in [3.05, 3.63) is 21.9 Å². The van der Waals surface area contributed by atoms with E-state index >= 15 is 0 Å². The van der Waals surface area contributed by atoms with Gasteiger partial charge in [-0.1, -0.05) is 13.8 Å². The molecule has 0 unspecified atom stereocenters. The van der Waals surface area contributed by atoms with Gasteiger partial charge in [-0.25, -0.2) is 0 Å². The van der Waals surface area contributed by atoms with Gasteiger partial charge in [-0.2, -0.15) is 0 Å². The third-order valence-electron chi connectivity index (χ3n) is 4.23. The molecule has 1 aromatic rings. The first-order valence-electron chi connectivity index (χ1n) is 8.01. The van der Waals surface area contributed by atoms with Crippen LogP contribution < -0.4 is 0 Å². The molecule has 1 saturated heterocycles. The summed E-state index contributed by atoms with van der Waals surface area (Å²) in [5.41, 5.74) is 0. The van der Waals surface area contributed by atoms with E-state index in [0.717, 1.165) is 18.5 Å². The Hall–Kier alpha value is -0.380. The lowest BCUT2D eigenvalue weighted by Crippen LogP contribution is -2.29. The van der Waals surface area contributed by atoms with Crippen LogP contribution in [0.3, 0.4) is 0 Å². The zero-order chi connectivity index (χ0) is 14.5. The number of thiophene rings is 1. The Morgan fingerprint density at radius 2 is 1.95 bits per heavy atom. The molecule has 1 fully saturated rings. The van der Waals surface area contributed by atoms with Gasteiger partial charge in [0.1, 0.15) is 0 Å². The van der Waals surface area contributed by atoms with Gasteiger partial charge in [-0.05, 0) is 64.4 Å². The van der Waals surface area contributed by atoms with E-state index in [1.54, 1.807) is 9.75 Å². The second-order valence-electron chi connectivity index (χ2n) is 6.79. The molecule has 0 aromatic carbocycles. The highest BCUT2D eigenvalue weighted by molar-refractivity contribution is 7.11. The second kappa shape index (κ2) is 7.58. The summed E-state index contributed by atoms with van der Waals surface area (Å²) in [6, 6.07) is 5.46. The zero-order valence-corrected chi connectivity index (χ0v) is 14.4. The molecule has 0 aliphatic carbocycles. The van der Waals surface area contributed by atoms with Gasteiger partial charge in [0.05, 0.1) is 0 Å². The van der Waals surface area contributed by atoms with Crippen molar-refractivity contribution in [2.75, 3.05) is 27.2 Å². The van der Waals surface area contributed by atoms with Crippen LogP contribution in [0.2, 0.25) is 0 Å². The normalized spacial score (nSPS) is 21.6. The van der Waals surface area contributed by atoms with Crippen molar-refractivity contribution >= 4 is 11.3 Å². The predicted octanol–water partition coefficient (Wildman–Crippen LogP) is 3.86. The Kier molecular flexibility index (Phi) is 6.06. The van der Waals surface area contributed by atoms with Crippen LogP contribution in [0.1, 0.15) is 42.9 Å². The van der Waals surface area contributed by atoms with Gasteiger partial charge in [0.15, 0.2) is 0 Å². The van der Waals surface area contributed by atoms with Gasteiger partial charge < -0.3 is 4.90 Å². The molecule has 1 aliphatic rings. The number of likely N-dealkylation sites (tertiary alicyclic amines) is 1. The molecule has 1 atom stereocenters. The molecule has 2 rings (SSSR count). The fourth-order valence-electron chi connectivity index (χ4n) is 3.05. The van der Waals surface area contributed by atoms with Crippen molar-refractivity contribution in [3.8, 4) is 0 Å². The fourth-order valence-corrected chi connectivity index (χ4v) is 4.33. The first kappa shape index (κ1) is 16.0. The van der Waals surface area contributed by atoms with Gasteiger partial charge >= 0.3 is 0 Å². The maximum absolute atomic E-state index is 2.65. The Balaban J connectivity index is 1.85. The molecule has 0 saturated carbocycles. The molecule has 2 nitrogen and oxygen atoms in total. The Morgan fingerprint density at radius 3 is 2.65 bits per heavy atom. The van der Waals surface area contributed by atoms with E-state index in [0.29, 0.717) is 0 Å². The van der Waals surface area contributed by atoms with Crippen LogP contribution in [-0.2, 0) is 13.0 Å². The van der Waals surface area contributed by atoms with E-state index in [4.69, 9.17) is 0 Å². The smallest absolute Gasteiger partial charge is 0.0328 e. The van der Waals surface area contributed by atoms with Crippen LogP contribution in [0.15, 0.2) is 12.1 Å². The van der Waals surface area contributed by atoms with Crippen molar-refractivity contribution in [3.63, 3.8) is 0 Å². The molecule has 0 spiro atoms. The van der Waals surface area contributed by atoms with Gasteiger partial charge in [0, 0.05) is 28.9 Å². The Bertz CT molecular complexity index is 397. The molecule has 114 valence electrons. The summed E-state index contributed by atoms with van der Waals surface area (Å²) in [6.45, 7) is 8.27. The quantitative estimate of drug-likeness (QED) is 0.813. The second-order valence-corrected chi connectivity index (χ2v) is 8.04. The molecule has 1 aromatic heterocycles. The fraction of sp³-hybridized carbons (Fsp3) is 0.765. The third-order valence-corrected chi connectivity index (χ3v) is 5.32. The van der Waals surface area contributed by atoms with E-state index in [1.165, 1.54) is 38.8 Å². The van der Waals surface area contributed by atoms with E-state index in [9.17, 15) is 0 Å². The summed E-state index contributed by atoms with van der Waals surface area (Å²) >= 11 is 2.02. The van der Waals surface area contributed by atoms with E-state index < -0.39 is 0 Å². The average molecular weight is 295 g/mol. The van der Waals surface area contributed by atoms with Crippen molar-refractivity contribution in [1.82, 2.24) is 9.80 Å². The van der Waals surface area contributed by atoms with Crippen LogP contribution in [0.4, 0.5) is 0 Å². The number of nitrogens with zero attached hydrogens (tertiary/aromatic N) is 2. The molecule has 0 radical (unpaired) electrons. The van der Waals surface area contributed by atoms with Gasteiger partial charge in [-0.15, -0.1) is 11.3 Å². The molecular formula is C17H30N2S. The molecule has 3 heteroatoms. The Morgan fingerprint density at radius 1 is 1.20 bits per heavy atom. The number of rotatable bonds is 5. The topological polar surface area (TPSA) is 6.48 Å².